The molecular formula is C16H16ClFN4O. The Hall–Kier alpha value is -2.21. The molecule has 0 bridgehead atoms. The second-order valence-electron chi connectivity index (χ2n) is 5.29. The number of benzene rings is 1. The lowest BCUT2D eigenvalue weighted by Crippen LogP contribution is -2.49. The molecule has 0 atom stereocenters. The molecule has 1 aliphatic heterocycles. The van der Waals surface area contributed by atoms with Crippen molar-refractivity contribution in [1.29, 1.82) is 0 Å². The molecule has 5 nitrogen and oxygen atoms in total. The van der Waals surface area contributed by atoms with Crippen LogP contribution >= 0.6 is 11.6 Å². The van der Waals surface area contributed by atoms with E-state index in [4.69, 9.17) is 11.6 Å². The molecule has 1 aliphatic rings. The summed E-state index contributed by atoms with van der Waals surface area (Å²) in [5.41, 5.74) is 0.257. The van der Waals surface area contributed by atoms with Crippen molar-refractivity contribution in [1.82, 2.24) is 14.9 Å². The number of nitrogens with zero attached hydrogens (tertiary/aromatic N) is 4. The summed E-state index contributed by atoms with van der Waals surface area (Å²) in [5.74, 6) is 0.101. The first-order valence-corrected chi connectivity index (χ1v) is 7.75. The van der Waals surface area contributed by atoms with Crippen LogP contribution < -0.4 is 4.90 Å². The third-order valence-corrected chi connectivity index (χ3v) is 4.21. The number of hydrogen-bond acceptors (Lipinski definition) is 4. The van der Waals surface area contributed by atoms with Gasteiger partial charge in [0.2, 0.25) is 11.9 Å². The number of carbonyl (C=O) groups excluding carboxylic acids is 1. The monoisotopic (exact) mass is 334 g/mol. The van der Waals surface area contributed by atoms with Gasteiger partial charge in [0.25, 0.3) is 0 Å². The van der Waals surface area contributed by atoms with Crippen molar-refractivity contribution in [2.24, 2.45) is 0 Å². The summed E-state index contributed by atoms with van der Waals surface area (Å²) in [5, 5.41) is 0.287. The highest BCUT2D eigenvalue weighted by molar-refractivity contribution is 6.31. The van der Waals surface area contributed by atoms with Gasteiger partial charge in [-0.25, -0.2) is 14.4 Å². The topological polar surface area (TPSA) is 49.3 Å². The van der Waals surface area contributed by atoms with Crippen LogP contribution in [-0.2, 0) is 11.2 Å². The number of piperazine rings is 1. The van der Waals surface area contributed by atoms with E-state index in [1.165, 1.54) is 12.1 Å². The standard InChI is InChI=1S/C16H16ClFN4O/c17-13-3-1-4-14(18)12(13)11-15(23)21-7-9-22(10-8-21)16-19-5-2-6-20-16/h1-6H,7-11H2. The third-order valence-electron chi connectivity index (χ3n) is 3.86. The number of aromatic nitrogens is 2. The van der Waals surface area contributed by atoms with Crippen molar-refractivity contribution in [3.8, 4) is 0 Å². The van der Waals surface area contributed by atoms with Gasteiger partial charge < -0.3 is 9.80 Å². The average molecular weight is 335 g/mol. The summed E-state index contributed by atoms with van der Waals surface area (Å²) in [7, 11) is 0. The van der Waals surface area contributed by atoms with Gasteiger partial charge in [-0.2, -0.15) is 0 Å². The highest BCUT2D eigenvalue weighted by atomic mass is 35.5. The van der Waals surface area contributed by atoms with Crippen LogP contribution in [0.15, 0.2) is 36.7 Å². The van der Waals surface area contributed by atoms with Crippen LogP contribution in [0.1, 0.15) is 5.56 Å². The summed E-state index contributed by atoms with van der Waals surface area (Å²) in [6.45, 7) is 2.42. The maximum Gasteiger partial charge on any atom is 0.227 e. The molecule has 1 aromatic heterocycles. The molecule has 1 saturated heterocycles. The molecule has 0 saturated carbocycles. The molecule has 1 amide bonds. The van der Waals surface area contributed by atoms with Crippen LogP contribution in [0, 0.1) is 5.82 Å². The van der Waals surface area contributed by atoms with E-state index in [0.717, 1.165) is 0 Å². The second-order valence-corrected chi connectivity index (χ2v) is 5.70. The van der Waals surface area contributed by atoms with Crippen molar-refractivity contribution in [3.05, 3.63) is 53.1 Å². The van der Waals surface area contributed by atoms with E-state index in [2.05, 4.69) is 9.97 Å². The lowest BCUT2D eigenvalue weighted by Gasteiger charge is -2.34. The van der Waals surface area contributed by atoms with E-state index < -0.39 is 5.82 Å². The molecule has 0 spiro atoms. The van der Waals surface area contributed by atoms with Crippen LogP contribution in [0.25, 0.3) is 0 Å². The van der Waals surface area contributed by atoms with Crippen molar-refractivity contribution in [2.75, 3.05) is 31.1 Å². The highest BCUT2D eigenvalue weighted by Crippen LogP contribution is 2.20. The fraction of sp³-hybridized carbons (Fsp3) is 0.312. The number of anilines is 1. The number of carbonyl (C=O) groups is 1. The average Bonchev–Trinajstić information content (AvgIpc) is 2.59. The lowest BCUT2D eigenvalue weighted by molar-refractivity contribution is -0.130. The van der Waals surface area contributed by atoms with Crippen LogP contribution in [0.5, 0.6) is 0 Å². The molecule has 0 unspecified atom stereocenters. The first kappa shape index (κ1) is 15.7. The SMILES string of the molecule is O=C(Cc1c(F)cccc1Cl)N1CCN(c2ncccn2)CC1. The normalized spacial score (nSPS) is 14.9. The van der Waals surface area contributed by atoms with Crippen LogP contribution in [0.4, 0.5) is 10.3 Å². The fourth-order valence-corrected chi connectivity index (χ4v) is 2.80. The minimum Gasteiger partial charge on any atom is -0.339 e. The summed E-state index contributed by atoms with van der Waals surface area (Å²) in [6, 6.07) is 6.21. The van der Waals surface area contributed by atoms with E-state index in [1.54, 1.807) is 29.4 Å². The zero-order valence-electron chi connectivity index (χ0n) is 12.5. The van der Waals surface area contributed by atoms with Gasteiger partial charge in [-0.3, -0.25) is 4.79 Å². The van der Waals surface area contributed by atoms with Gasteiger partial charge in [0.1, 0.15) is 5.82 Å². The lowest BCUT2D eigenvalue weighted by atomic mass is 10.1. The van der Waals surface area contributed by atoms with Crippen molar-refractivity contribution < 1.29 is 9.18 Å². The summed E-state index contributed by atoms with van der Waals surface area (Å²) < 4.78 is 13.8. The van der Waals surface area contributed by atoms with Gasteiger partial charge >= 0.3 is 0 Å². The Labute approximate surface area is 138 Å². The van der Waals surface area contributed by atoms with Gasteiger partial charge in [0, 0.05) is 49.2 Å². The smallest absolute Gasteiger partial charge is 0.227 e. The molecule has 7 heteroatoms. The first-order chi connectivity index (χ1) is 11.1. The predicted octanol–water partition coefficient (Wildman–Crippen LogP) is 2.16. The van der Waals surface area contributed by atoms with E-state index in [9.17, 15) is 9.18 Å². The van der Waals surface area contributed by atoms with Crippen molar-refractivity contribution >= 4 is 23.5 Å². The van der Waals surface area contributed by atoms with Gasteiger partial charge in [0.05, 0.1) is 6.42 Å². The number of amides is 1. The second kappa shape index (κ2) is 6.91. The summed E-state index contributed by atoms with van der Waals surface area (Å²) >= 11 is 5.98. The molecule has 0 radical (unpaired) electrons. The first-order valence-electron chi connectivity index (χ1n) is 7.38. The zero-order chi connectivity index (χ0) is 16.2. The maximum absolute atomic E-state index is 13.8. The minimum absolute atomic E-state index is 0.0205. The number of halogens is 2. The Morgan fingerprint density at radius 1 is 1.13 bits per heavy atom. The van der Waals surface area contributed by atoms with Gasteiger partial charge in [-0.05, 0) is 18.2 Å². The van der Waals surface area contributed by atoms with Crippen molar-refractivity contribution in [3.63, 3.8) is 0 Å². The third kappa shape index (κ3) is 3.59. The van der Waals surface area contributed by atoms with Gasteiger partial charge in [-0.1, -0.05) is 17.7 Å². The Balaban J connectivity index is 1.60. The van der Waals surface area contributed by atoms with Gasteiger partial charge in [-0.15, -0.1) is 0 Å². The van der Waals surface area contributed by atoms with Crippen molar-refractivity contribution in [2.45, 2.75) is 6.42 Å². The Bertz CT molecular complexity index is 669. The van der Waals surface area contributed by atoms with E-state index >= 15 is 0 Å². The number of rotatable bonds is 3. The highest BCUT2D eigenvalue weighted by Gasteiger charge is 2.23. The molecule has 23 heavy (non-hydrogen) atoms. The molecule has 3 rings (SSSR count). The maximum atomic E-state index is 13.8. The Morgan fingerprint density at radius 2 is 1.83 bits per heavy atom. The summed E-state index contributed by atoms with van der Waals surface area (Å²) in [6.07, 6.45) is 3.37. The molecule has 0 N–H and O–H groups in total. The molecule has 0 aliphatic carbocycles. The van der Waals surface area contributed by atoms with E-state index in [-0.39, 0.29) is 22.9 Å². The zero-order valence-corrected chi connectivity index (χ0v) is 13.2. The Kier molecular flexibility index (Phi) is 4.71. The van der Waals surface area contributed by atoms with Crippen LogP contribution in [0.3, 0.4) is 0 Å². The number of hydrogen-bond donors (Lipinski definition) is 0. The van der Waals surface area contributed by atoms with Gasteiger partial charge in [0.15, 0.2) is 0 Å². The Morgan fingerprint density at radius 3 is 2.48 bits per heavy atom. The quantitative estimate of drug-likeness (QED) is 0.863. The molecule has 1 aromatic carbocycles. The van der Waals surface area contributed by atoms with Crippen LogP contribution in [-0.4, -0.2) is 47.0 Å². The predicted molar refractivity (Wildman–Crippen MR) is 85.9 cm³/mol. The van der Waals surface area contributed by atoms with Crippen LogP contribution in [0.2, 0.25) is 5.02 Å². The molecule has 2 aromatic rings. The molecule has 2 heterocycles. The van der Waals surface area contributed by atoms with E-state index in [0.29, 0.717) is 32.1 Å². The molecule has 1 fully saturated rings. The minimum atomic E-state index is -0.442. The largest absolute Gasteiger partial charge is 0.339 e. The molecular weight excluding hydrogens is 319 g/mol. The molecule has 120 valence electrons. The fourth-order valence-electron chi connectivity index (χ4n) is 2.57. The summed E-state index contributed by atoms with van der Waals surface area (Å²) in [4.78, 5) is 24.5. The van der Waals surface area contributed by atoms with E-state index in [1.807, 2.05) is 4.90 Å².